The van der Waals surface area contributed by atoms with Crippen molar-refractivity contribution in [3.63, 3.8) is 0 Å². The summed E-state index contributed by atoms with van der Waals surface area (Å²) < 4.78 is 33.9. The van der Waals surface area contributed by atoms with Crippen LogP contribution < -0.4 is 30.2 Å². The first kappa shape index (κ1) is 42.0. The smallest absolute Gasteiger partial charge is 0.407 e. The molecule has 2 aliphatic rings. The Morgan fingerprint density at radius 2 is 1.57 bits per heavy atom. The van der Waals surface area contributed by atoms with Gasteiger partial charge in [-0.15, -0.1) is 0 Å². The molecular formula is C40H62N4O9. The second-order valence-electron chi connectivity index (χ2n) is 14.1. The van der Waals surface area contributed by atoms with Gasteiger partial charge in [0, 0.05) is 51.2 Å². The third-order valence-corrected chi connectivity index (χ3v) is 9.65. The van der Waals surface area contributed by atoms with Gasteiger partial charge in [-0.25, -0.2) is 9.59 Å². The number of hydrogen-bond acceptors (Lipinski definition) is 11. The Bertz CT molecular complexity index is 1360. The standard InChI is InChI=1S/C40H62N4O9/c1-29(2)43-26-32(45)28-52-33-14-11-30(12-15-33)18-24-51-39(46)41-20-7-8-21-42-40(47)53-34-17-22-44(27-34)35-9-5-6-10-36(35)50-23-19-31-13-16-37(48-3)38(25-31)49-4/h11-16,25,29,32,34-36,43,45H,5-10,17-24,26-28H2,1-4H3,(H,41,46)(H,42,47)/t32?,34-,35?,36+/m1/s1. The fourth-order valence-electron chi connectivity index (χ4n) is 6.72. The Morgan fingerprint density at radius 1 is 0.868 bits per heavy atom. The van der Waals surface area contributed by atoms with Crippen LogP contribution >= 0.6 is 0 Å². The predicted octanol–water partition coefficient (Wildman–Crippen LogP) is 4.86. The lowest BCUT2D eigenvalue weighted by Gasteiger charge is -2.37. The lowest BCUT2D eigenvalue weighted by molar-refractivity contribution is -0.0319. The van der Waals surface area contributed by atoms with Crippen LogP contribution in [0.2, 0.25) is 0 Å². The topological polar surface area (TPSA) is 149 Å². The molecule has 296 valence electrons. The summed E-state index contributed by atoms with van der Waals surface area (Å²) in [4.78, 5) is 27.0. The van der Waals surface area contributed by atoms with E-state index in [9.17, 15) is 14.7 Å². The molecule has 4 N–H and O–H groups in total. The highest BCUT2D eigenvalue weighted by Crippen LogP contribution is 2.30. The number of alkyl carbamates (subject to hydrolysis) is 2. The molecule has 0 radical (unpaired) electrons. The molecule has 53 heavy (non-hydrogen) atoms. The zero-order chi connectivity index (χ0) is 37.8. The van der Waals surface area contributed by atoms with Crippen LogP contribution in [0.1, 0.15) is 69.9 Å². The van der Waals surface area contributed by atoms with Crippen LogP contribution in [-0.2, 0) is 27.1 Å². The van der Waals surface area contributed by atoms with Gasteiger partial charge in [0.05, 0.1) is 33.5 Å². The van der Waals surface area contributed by atoms with Crippen molar-refractivity contribution in [2.45, 2.75) is 102 Å². The maximum absolute atomic E-state index is 12.5. The number of carbonyl (C=O) groups is 2. The van der Waals surface area contributed by atoms with Crippen molar-refractivity contribution in [2.24, 2.45) is 0 Å². The summed E-state index contributed by atoms with van der Waals surface area (Å²) in [6.07, 6.45) is 6.68. The number of aliphatic hydroxyl groups is 1. The molecule has 1 saturated heterocycles. The lowest BCUT2D eigenvalue weighted by atomic mass is 9.91. The summed E-state index contributed by atoms with van der Waals surface area (Å²) in [6.45, 7) is 8.18. The van der Waals surface area contributed by atoms with Gasteiger partial charge in [0.2, 0.25) is 0 Å². The number of nitrogens with one attached hydrogen (secondary N) is 3. The number of unbranched alkanes of at least 4 members (excludes halogenated alkanes) is 1. The third kappa shape index (κ3) is 15.2. The van der Waals surface area contributed by atoms with Gasteiger partial charge in [0.15, 0.2) is 11.5 Å². The van der Waals surface area contributed by atoms with E-state index in [4.69, 9.17) is 28.4 Å². The van der Waals surface area contributed by atoms with Gasteiger partial charge in [-0.3, -0.25) is 4.90 Å². The van der Waals surface area contributed by atoms with Crippen molar-refractivity contribution in [3.05, 3.63) is 53.6 Å². The average molecular weight is 743 g/mol. The van der Waals surface area contributed by atoms with Gasteiger partial charge >= 0.3 is 12.2 Å². The summed E-state index contributed by atoms with van der Waals surface area (Å²) in [6, 6.07) is 14.2. The molecule has 2 aromatic carbocycles. The summed E-state index contributed by atoms with van der Waals surface area (Å²) >= 11 is 0. The Labute approximate surface area is 315 Å². The van der Waals surface area contributed by atoms with Crippen LogP contribution in [0.25, 0.3) is 0 Å². The van der Waals surface area contributed by atoms with Crippen molar-refractivity contribution in [1.29, 1.82) is 0 Å². The van der Waals surface area contributed by atoms with Crippen LogP contribution in [0, 0.1) is 0 Å². The highest BCUT2D eigenvalue weighted by Gasteiger charge is 2.36. The highest BCUT2D eigenvalue weighted by atomic mass is 16.6. The van der Waals surface area contributed by atoms with Crippen molar-refractivity contribution in [1.82, 2.24) is 20.9 Å². The number of benzene rings is 2. The molecule has 1 aliphatic heterocycles. The normalized spacial score (nSPS) is 19.4. The summed E-state index contributed by atoms with van der Waals surface area (Å²) in [5, 5.41) is 18.8. The van der Waals surface area contributed by atoms with Crippen LogP contribution in [-0.4, -0.2) is 119 Å². The minimum atomic E-state index is -0.581. The number of nitrogens with zero attached hydrogens (tertiary/aromatic N) is 1. The minimum absolute atomic E-state index is 0.136. The highest BCUT2D eigenvalue weighted by molar-refractivity contribution is 5.67. The molecule has 4 rings (SSSR count). The number of amides is 2. The van der Waals surface area contributed by atoms with Crippen LogP contribution in [0.5, 0.6) is 17.2 Å². The Kier molecular flexibility index (Phi) is 18.3. The number of rotatable bonds is 22. The molecule has 2 fully saturated rings. The largest absolute Gasteiger partial charge is 0.493 e. The van der Waals surface area contributed by atoms with E-state index in [1.165, 1.54) is 12.8 Å². The van der Waals surface area contributed by atoms with Crippen molar-refractivity contribution < 1.29 is 43.1 Å². The lowest BCUT2D eigenvalue weighted by Crippen LogP contribution is -2.46. The zero-order valence-electron chi connectivity index (χ0n) is 32.1. The second-order valence-corrected chi connectivity index (χ2v) is 14.1. The third-order valence-electron chi connectivity index (χ3n) is 9.65. The molecule has 2 amide bonds. The van der Waals surface area contributed by atoms with Gasteiger partial charge in [0.1, 0.15) is 24.6 Å². The molecule has 2 unspecified atom stereocenters. The van der Waals surface area contributed by atoms with Crippen molar-refractivity contribution in [2.75, 3.05) is 66.8 Å². The van der Waals surface area contributed by atoms with Crippen LogP contribution in [0.15, 0.2) is 42.5 Å². The first-order valence-corrected chi connectivity index (χ1v) is 19.3. The van der Waals surface area contributed by atoms with Gasteiger partial charge < -0.3 is 49.5 Å². The fourth-order valence-corrected chi connectivity index (χ4v) is 6.72. The number of methoxy groups -OCH3 is 2. The Hall–Kier alpha value is -3.78. The molecule has 13 heteroatoms. The van der Waals surface area contributed by atoms with Crippen molar-refractivity contribution >= 4 is 12.2 Å². The number of ether oxygens (including phenoxy) is 6. The average Bonchev–Trinajstić information content (AvgIpc) is 3.63. The van der Waals surface area contributed by atoms with Gasteiger partial charge in [-0.05, 0) is 73.9 Å². The molecule has 0 bridgehead atoms. The first-order valence-electron chi connectivity index (χ1n) is 19.3. The SMILES string of the molecule is COc1ccc(CCO[C@H]2CCCCC2N2CC[C@@H](OC(=O)NCCCCNC(=O)OCCc3ccc(OCC(O)CNC(C)C)cc3)C2)cc1OC. The molecule has 13 nitrogen and oxygen atoms in total. The van der Waals surface area contributed by atoms with E-state index < -0.39 is 18.3 Å². The van der Waals surface area contributed by atoms with Crippen molar-refractivity contribution in [3.8, 4) is 17.2 Å². The fraction of sp³-hybridized carbons (Fsp3) is 0.650. The quantitative estimate of drug-likeness (QED) is 0.123. The maximum atomic E-state index is 12.5. The van der Waals surface area contributed by atoms with E-state index in [1.54, 1.807) is 14.2 Å². The summed E-state index contributed by atoms with van der Waals surface area (Å²) in [5.74, 6) is 2.13. The monoisotopic (exact) mass is 742 g/mol. The summed E-state index contributed by atoms with van der Waals surface area (Å²) in [5.41, 5.74) is 2.16. The molecule has 2 aromatic rings. The molecule has 4 atom stereocenters. The minimum Gasteiger partial charge on any atom is -0.493 e. The predicted molar refractivity (Wildman–Crippen MR) is 203 cm³/mol. The molecule has 1 aliphatic carbocycles. The number of likely N-dealkylation sites (tertiary alicyclic amines) is 1. The Morgan fingerprint density at radius 3 is 2.30 bits per heavy atom. The van der Waals surface area contributed by atoms with E-state index in [2.05, 4.69) is 26.9 Å². The van der Waals surface area contributed by atoms with Gasteiger partial charge in [0.25, 0.3) is 0 Å². The molecule has 1 saturated carbocycles. The second kappa shape index (κ2) is 23.1. The molecular weight excluding hydrogens is 680 g/mol. The number of aliphatic hydroxyl groups excluding tert-OH is 1. The first-order chi connectivity index (χ1) is 25.7. The van der Waals surface area contributed by atoms with Crippen LogP contribution in [0.4, 0.5) is 9.59 Å². The number of carbonyl (C=O) groups excluding carboxylic acids is 2. The van der Waals surface area contributed by atoms with E-state index in [-0.39, 0.29) is 25.4 Å². The van der Waals surface area contributed by atoms with E-state index in [0.29, 0.717) is 63.3 Å². The van der Waals surface area contributed by atoms with Gasteiger partial charge in [-0.1, -0.05) is 44.9 Å². The van der Waals surface area contributed by atoms with E-state index >= 15 is 0 Å². The zero-order valence-corrected chi connectivity index (χ0v) is 32.1. The van der Waals surface area contributed by atoms with E-state index in [0.717, 1.165) is 61.4 Å². The maximum Gasteiger partial charge on any atom is 0.407 e. The molecule has 0 aromatic heterocycles. The van der Waals surface area contributed by atoms with Gasteiger partial charge in [-0.2, -0.15) is 0 Å². The molecule has 1 heterocycles. The van der Waals surface area contributed by atoms with Crippen LogP contribution in [0.3, 0.4) is 0 Å². The molecule has 0 spiro atoms. The Balaban J connectivity index is 1.02. The summed E-state index contributed by atoms with van der Waals surface area (Å²) in [7, 11) is 3.28. The van der Waals surface area contributed by atoms with E-state index in [1.807, 2.05) is 50.2 Å². The number of hydrogen-bond donors (Lipinski definition) is 4.